The van der Waals surface area contributed by atoms with E-state index >= 15 is 0 Å². The second-order valence-corrected chi connectivity index (χ2v) is 4.67. The first-order valence-corrected chi connectivity index (χ1v) is 6.22. The van der Waals surface area contributed by atoms with E-state index in [1.165, 1.54) is 21.9 Å². The molecule has 21 heavy (non-hydrogen) atoms. The molecular weight excluding hydrogens is 278 g/mol. The van der Waals surface area contributed by atoms with Crippen LogP contribution in [0.25, 0.3) is 0 Å². The van der Waals surface area contributed by atoms with Gasteiger partial charge in [-0.15, -0.1) is 0 Å². The van der Waals surface area contributed by atoms with Gasteiger partial charge in [-0.05, 0) is 6.07 Å². The molecule has 0 radical (unpaired) electrons. The summed E-state index contributed by atoms with van der Waals surface area (Å²) in [6.45, 7) is 0.737. The lowest BCUT2D eigenvalue weighted by atomic mass is 10.1. The Labute approximate surface area is 120 Å². The number of amides is 2. The monoisotopic (exact) mass is 293 g/mol. The van der Waals surface area contributed by atoms with Gasteiger partial charge in [0.2, 0.25) is 5.91 Å². The molecule has 112 valence electrons. The predicted molar refractivity (Wildman–Crippen MR) is 74.4 cm³/mol. The van der Waals surface area contributed by atoms with E-state index in [-0.39, 0.29) is 29.4 Å². The van der Waals surface area contributed by atoms with E-state index in [0.29, 0.717) is 13.1 Å². The largest absolute Gasteiger partial charge is 0.342 e. The zero-order valence-electron chi connectivity index (χ0n) is 11.4. The number of anilines is 1. The van der Waals surface area contributed by atoms with Crippen molar-refractivity contribution in [2.75, 3.05) is 32.1 Å². The number of nitrogen functional groups attached to an aromatic ring is 1. The molecular formula is C12H15N5O4. The van der Waals surface area contributed by atoms with Gasteiger partial charge in [0.25, 0.3) is 11.6 Å². The summed E-state index contributed by atoms with van der Waals surface area (Å²) in [5, 5.41) is 10.8. The minimum atomic E-state index is -0.591. The number of nitrogens with zero attached hydrogens (tertiary/aromatic N) is 3. The molecule has 1 aliphatic heterocycles. The van der Waals surface area contributed by atoms with Gasteiger partial charge in [0.15, 0.2) is 0 Å². The molecule has 1 aromatic carbocycles. The molecule has 0 bridgehead atoms. The number of hydrazine groups is 1. The average Bonchev–Trinajstić information content (AvgIpc) is 2.48. The molecule has 1 saturated heterocycles. The van der Waals surface area contributed by atoms with Gasteiger partial charge in [0.1, 0.15) is 6.54 Å². The molecule has 0 saturated carbocycles. The summed E-state index contributed by atoms with van der Waals surface area (Å²) in [5.41, 5.74) is 2.47. The van der Waals surface area contributed by atoms with Crippen molar-refractivity contribution in [3.63, 3.8) is 0 Å². The highest BCUT2D eigenvalue weighted by Gasteiger charge is 2.28. The molecule has 0 spiro atoms. The molecule has 2 amide bonds. The third kappa shape index (κ3) is 2.92. The molecule has 1 aromatic rings. The van der Waals surface area contributed by atoms with Gasteiger partial charge in [-0.25, -0.2) is 0 Å². The Hall–Kier alpha value is -2.68. The number of nitro benzene ring substituents is 1. The number of carbonyl (C=O) groups excluding carboxylic acids is 2. The van der Waals surface area contributed by atoms with E-state index in [0.717, 1.165) is 6.07 Å². The third-order valence-electron chi connectivity index (χ3n) is 3.34. The quantitative estimate of drug-likeness (QED) is 0.452. The highest BCUT2D eigenvalue weighted by Crippen LogP contribution is 2.23. The Bertz CT molecular complexity index is 603. The van der Waals surface area contributed by atoms with Crippen LogP contribution in [-0.4, -0.2) is 53.2 Å². The second-order valence-electron chi connectivity index (χ2n) is 4.67. The standard InChI is InChI=1S/C12H15N5O4/c1-15-4-5-16(7-11(15)18)12(19)9-6-8(17(20)21)2-3-10(9)14-13/h2-3,6,14H,4-5,7,13H2,1H3. The van der Waals surface area contributed by atoms with Gasteiger partial charge in [0.05, 0.1) is 16.2 Å². The topological polar surface area (TPSA) is 122 Å². The molecule has 9 heteroatoms. The molecule has 1 heterocycles. The van der Waals surface area contributed by atoms with Crippen LogP contribution in [0.2, 0.25) is 0 Å². The summed E-state index contributed by atoms with van der Waals surface area (Å²) < 4.78 is 0. The van der Waals surface area contributed by atoms with Crippen molar-refractivity contribution in [2.45, 2.75) is 0 Å². The number of non-ortho nitro benzene ring substituents is 1. The number of carbonyl (C=O) groups is 2. The number of nitro groups is 1. The number of nitrogens with two attached hydrogens (primary N) is 1. The molecule has 2 rings (SSSR count). The summed E-state index contributed by atoms with van der Waals surface area (Å²) in [6, 6.07) is 3.77. The van der Waals surface area contributed by atoms with Crippen LogP contribution in [0.1, 0.15) is 10.4 Å². The molecule has 1 aliphatic rings. The highest BCUT2D eigenvalue weighted by molar-refractivity contribution is 6.02. The maximum atomic E-state index is 12.4. The minimum absolute atomic E-state index is 0.0535. The number of hydrogen-bond donors (Lipinski definition) is 2. The average molecular weight is 293 g/mol. The number of rotatable bonds is 3. The Morgan fingerprint density at radius 2 is 2.14 bits per heavy atom. The van der Waals surface area contributed by atoms with E-state index in [2.05, 4.69) is 5.43 Å². The number of benzene rings is 1. The fourth-order valence-corrected chi connectivity index (χ4v) is 2.05. The van der Waals surface area contributed by atoms with Crippen molar-refractivity contribution in [2.24, 2.45) is 5.84 Å². The maximum absolute atomic E-state index is 12.4. The first-order valence-electron chi connectivity index (χ1n) is 6.22. The second kappa shape index (κ2) is 5.75. The number of nitrogens with one attached hydrogen (secondary N) is 1. The molecule has 9 nitrogen and oxygen atoms in total. The lowest BCUT2D eigenvalue weighted by Crippen LogP contribution is -2.50. The van der Waals surface area contributed by atoms with Crippen molar-refractivity contribution in [1.29, 1.82) is 0 Å². The van der Waals surface area contributed by atoms with Gasteiger partial charge in [-0.1, -0.05) is 0 Å². The van der Waals surface area contributed by atoms with Crippen LogP contribution in [0.4, 0.5) is 11.4 Å². The van der Waals surface area contributed by atoms with Crippen molar-refractivity contribution in [3.05, 3.63) is 33.9 Å². The summed E-state index contributed by atoms with van der Waals surface area (Å²) in [7, 11) is 1.66. The third-order valence-corrected chi connectivity index (χ3v) is 3.34. The molecule has 0 atom stereocenters. The van der Waals surface area contributed by atoms with E-state index in [1.54, 1.807) is 7.05 Å². The Morgan fingerprint density at radius 1 is 1.43 bits per heavy atom. The van der Waals surface area contributed by atoms with E-state index in [9.17, 15) is 19.7 Å². The maximum Gasteiger partial charge on any atom is 0.270 e. The van der Waals surface area contributed by atoms with Crippen LogP contribution in [0.15, 0.2) is 18.2 Å². The van der Waals surface area contributed by atoms with Crippen molar-refractivity contribution < 1.29 is 14.5 Å². The summed E-state index contributed by atoms with van der Waals surface area (Å²) >= 11 is 0. The first kappa shape index (κ1) is 14.7. The molecule has 0 unspecified atom stereocenters. The lowest BCUT2D eigenvalue weighted by Gasteiger charge is -2.32. The van der Waals surface area contributed by atoms with E-state index < -0.39 is 10.8 Å². The van der Waals surface area contributed by atoms with Gasteiger partial charge < -0.3 is 15.2 Å². The normalized spacial score (nSPS) is 15.0. The van der Waals surface area contributed by atoms with Crippen LogP contribution in [0, 0.1) is 10.1 Å². The number of likely N-dealkylation sites (N-methyl/N-ethyl adjacent to an activating group) is 1. The fourth-order valence-electron chi connectivity index (χ4n) is 2.05. The van der Waals surface area contributed by atoms with Gasteiger partial charge in [-0.2, -0.15) is 0 Å². The zero-order chi connectivity index (χ0) is 15.6. The summed E-state index contributed by atoms with van der Waals surface area (Å²) in [4.78, 5) is 37.2. The van der Waals surface area contributed by atoms with E-state index in [1.807, 2.05) is 0 Å². The molecule has 0 aliphatic carbocycles. The molecule has 0 aromatic heterocycles. The molecule has 1 fully saturated rings. The highest BCUT2D eigenvalue weighted by atomic mass is 16.6. The van der Waals surface area contributed by atoms with Crippen LogP contribution in [-0.2, 0) is 4.79 Å². The summed E-state index contributed by atoms with van der Waals surface area (Å²) in [5.74, 6) is 4.68. The molecule has 3 N–H and O–H groups in total. The predicted octanol–water partition coefficient (Wildman–Crippen LogP) is -0.205. The lowest BCUT2D eigenvalue weighted by molar-refractivity contribution is -0.384. The Morgan fingerprint density at radius 3 is 2.71 bits per heavy atom. The number of hydrogen-bond acceptors (Lipinski definition) is 6. The van der Waals surface area contributed by atoms with Gasteiger partial charge in [0, 0.05) is 32.3 Å². The van der Waals surface area contributed by atoms with Crippen LogP contribution >= 0.6 is 0 Å². The van der Waals surface area contributed by atoms with Crippen LogP contribution in [0.5, 0.6) is 0 Å². The van der Waals surface area contributed by atoms with Crippen molar-refractivity contribution in [3.8, 4) is 0 Å². The van der Waals surface area contributed by atoms with Crippen LogP contribution < -0.4 is 11.3 Å². The minimum Gasteiger partial charge on any atom is -0.342 e. The van der Waals surface area contributed by atoms with Crippen molar-refractivity contribution >= 4 is 23.2 Å². The fraction of sp³-hybridized carbons (Fsp3) is 0.333. The van der Waals surface area contributed by atoms with E-state index in [4.69, 9.17) is 5.84 Å². The Kier molecular flexibility index (Phi) is 4.03. The van der Waals surface area contributed by atoms with Gasteiger partial charge >= 0.3 is 0 Å². The zero-order valence-corrected chi connectivity index (χ0v) is 11.4. The summed E-state index contributed by atoms with van der Waals surface area (Å²) in [6.07, 6.45) is 0. The SMILES string of the molecule is CN1CCN(C(=O)c2cc([N+](=O)[O-])ccc2NN)CC1=O. The smallest absolute Gasteiger partial charge is 0.270 e. The Balaban J connectivity index is 2.31. The first-order chi connectivity index (χ1) is 9.93. The van der Waals surface area contributed by atoms with Crippen LogP contribution in [0.3, 0.4) is 0 Å². The van der Waals surface area contributed by atoms with Gasteiger partial charge in [-0.3, -0.25) is 25.5 Å². The number of piperazine rings is 1. The van der Waals surface area contributed by atoms with Crippen molar-refractivity contribution in [1.82, 2.24) is 9.80 Å².